The largest absolute Gasteiger partial charge is 2.00 e. The van der Waals surface area contributed by atoms with Crippen LogP contribution >= 0.6 is 7.82 Å². The fourth-order valence-corrected chi connectivity index (χ4v) is 0.204. The van der Waals surface area contributed by atoms with Gasteiger partial charge in [-0.05, 0) is 13.8 Å². The Balaban J connectivity index is -0.0000000267. The van der Waals surface area contributed by atoms with Gasteiger partial charge in [0.1, 0.15) is 0 Å². The van der Waals surface area contributed by atoms with Gasteiger partial charge in [0.2, 0.25) is 0 Å². The molecule has 11 heavy (non-hydrogen) atoms. The van der Waals surface area contributed by atoms with E-state index in [0.29, 0.717) is 0 Å². The topological polar surface area (TPSA) is 87.0 Å². The van der Waals surface area contributed by atoms with E-state index in [-0.39, 0.29) is 40.6 Å². The SMILES string of the molecule is CCOCC.O=P(O)(O)O.[Ca+2].[H-].[H-]. The molecule has 0 atom stereocenters. The molecule has 0 bridgehead atoms. The molecule has 3 N–H and O–H groups in total. The predicted octanol–water partition coefficient (Wildman–Crippen LogP) is -0.0416. The third kappa shape index (κ3) is 88.9. The van der Waals surface area contributed by atoms with E-state index < -0.39 is 7.82 Å². The van der Waals surface area contributed by atoms with Crippen molar-refractivity contribution >= 4 is 45.6 Å². The third-order valence-corrected chi connectivity index (χ3v) is 0.408. The summed E-state index contributed by atoms with van der Waals surface area (Å²) in [6, 6.07) is 0. The number of ether oxygens (including phenoxy) is 1. The van der Waals surface area contributed by atoms with Crippen molar-refractivity contribution < 1.29 is 26.8 Å². The van der Waals surface area contributed by atoms with E-state index in [9.17, 15) is 0 Å². The Morgan fingerprint density at radius 2 is 1.45 bits per heavy atom. The molecular weight excluding hydrogens is 199 g/mol. The van der Waals surface area contributed by atoms with E-state index in [0.717, 1.165) is 13.2 Å². The van der Waals surface area contributed by atoms with Crippen LogP contribution in [0, 0.1) is 0 Å². The average Bonchev–Trinajstić information content (AvgIpc) is 1.63. The summed E-state index contributed by atoms with van der Waals surface area (Å²) in [5, 5.41) is 0. The number of rotatable bonds is 2. The first kappa shape index (κ1) is 18.2. The van der Waals surface area contributed by atoms with Gasteiger partial charge in [-0.2, -0.15) is 0 Å². The maximum absolute atomic E-state index is 8.88. The van der Waals surface area contributed by atoms with Crippen molar-refractivity contribution in [1.29, 1.82) is 0 Å². The van der Waals surface area contributed by atoms with Gasteiger partial charge in [-0.15, -0.1) is 0 Å². The minimum absolute atomic E-state index is 0. The van der Waals surface area contributed by atoms with Gasteiger partial charge in [0.05, 0.1) is 0 Å². The number of phosphoric acid groups is 1. The van der Waals surface area contributed by atoms with Crippen LogP contribution in [0.1, 0.15) is 16.7 Å². The zero-order chi connectivity index (χ0) is 8.62. The molecule has 68 valence electrons. The monoisotopic (exact) mass is 214 g/mol. The van der Waals surface area contributed by atoms with Gasteiger partial charge in [0.15, 0.2) is 0 Å². The molecule has 0 radical (unpaired) electrons. The molecule has 0 unspecified atom stereocenters. The van der Waals surface area contributed by atoms with E-state index in [1.807, 2.05) is 13.8 Å². The summed E-state index contributed by atoms with van der Waals surface area (Å²) in [4.78, 5) is 21.6. The maximum Gasteiger partial charge on any atom is 2.00 e. The van der Waals surface area contributed by atoms with Gasteiger partial charge in [0.25, 0.3) is 0 Å². The van der Waals surface area contributed by atoms with Gasteiger partial charge < -0.3 is 22.3 Å². The Bertz CT molecular complexity index is 100. The van der Waals surface area contributed by atoms with Crippen molar-refractivity contribution in [2.75, 3.05) is 13.2 Å². The van der Waals surface area contributed by atoms with Crippen molar-refractivity contribution in [3.63, 3.8) is 0 Å². The molecule has 5 nitrogen and oxygen atoms in total. The zero-order valence-corrected chi connectivity index (χ0v) is 9.83. The summed E-state index contributed by atoms with van der Waals surface area (Å²) >= 11 is 0. The Kier molecular flexibility index (Phi) is 18.7. The van der Waals surface area contributed by atoms with E-state index in [2.05, 4.69) is 0 Å². The van der Waals surface area contributed by atoms with Crippen LogP contribution in [-0.4, -0.2) is 65.6 Å². The van der Waals surface area contributed by atoms with Crippen LogP contribution in [0.2, 0.25) is 0 Å². The maximum atomic E-state index is 8.88. The molecule has 0 aromatic rings. The summed E-state index contributed by atoms with van der Waals surface area (Å²) in [5.74, 6) is 0. The molecule has 0 saturated heterocycles. The van der Waals surface area contributed by atoms with Crippen molar-refractivity contribution in [2.45, 2.75) is 13.8 Å². The molecule has 0 aliphatic carbocycles. The van der Waals surface area contributed by atoms with Crippen molar-refractivity contribution in [3.8, 4) is 0 Å². The van der Waals surface area contributed by atoms with Crippen LogP contribution < -0.4 is 0 Å². The van der Waals surface area contributed by atoms with Gasteiger partial charge in [-0.3, -0.25) is 0 Å². The average molecular weight is 214 g/mol. The molecule has 0 heterocycles. The van der Waals surface area contributed by atoms with E-state index >= 15 is 0 Å². The molecule has 0 aliphatic heterocycles. The molecule has 0 aromatic carbocycles. The molecule has 0 spiro atoms. The fraction of sp³-hybridized carbons (Fsp3) is 1.00. The normalized spacial score (nSPS) is 9.18. The first-order valence-corrected chi connectivity index (χ1v) is 4.34. The second-order valence-corrected chi connectivity index (χ2v) is 2.32. The molecule has 0 fully saturated rings. The standard InChI is InChI=1S/C4H10O.Ca.H3O4P.2H/c1-3-5-4-2;;1-5(2,3)4;;/h3-4H2,1-2H3;;(H3,1,2,3,4);;/q;+2;;2*-1. The van der Waals surface area contributed by atoms with Crippen LogP contribution in [0.3, 0.4) is 0 Å². The van der Waals surface area contributed by atoms with Crippen LogP contribution in [0.5, 0.6) is 0 Å². The summed E-state index contributed by atoms with van der Waals surface area (Å²) in [6.07, 6.45) is 0. The van der Waals surface area contributed by atoms with Gasteiger partial charge in [-0.1, -0.05) is 0 Å². The zero-order valence-electron chi connectivity index (χ0n) is 8.73. The Labute approximate surface area is 99.0 Å². The van der Waals surface area contributed by atoms with Crippen LogP contribution in [0.25, 0.3) is 0 Å². The number of hydrogen-bond donors (Lipinski definition) is 3. The Morgan fingerprint density at radius 1 is 1.27 bits per heavy atom. The second-order valence-electron chi connectivity index (χ2n) is 1.29. The van der Waals surface area contributed by atoms with Crippen molar-refractivity contribution in [2.24, 2.45) is 0 Å². The van der Waals surface area contributed by atoms with Crippen molar-refractivity contribution in [3.05, 3.63) is 0 Å². The minimum Gasteiger partial charge on any atom is -1.00 e. The molecular formula is C4H15CaO5P. The quantitative estimate of drug-likeness (QED) is 0.443. The van der Waals surface area contributed by atoms with E-state index in [1.165, 1.54) is 0 Å². The summed E-state index contributed by atoms with van der Waals surface area (Å²) in [7, 11) is -4.64. The van der Waals surface area contributed by atoms with Gasteiger partial charge in [-0.25, -0.2) is 4.57 Å². The Morgan fingerprint density at radius 3 is 1.45 bits per heavy atom. The van der Waals surface area contributed by atoms with Crippen LogP contribution in [0.4, 0.5) is 0 Å². The summed E-state index contributed by atoms with van der Waals surface area (Å²) < 4.78 is 13.7. The third-order valence-electron chi connectivity index (χ3n) is 0.408. The molecule has 0 aliphatic rings. The first-order chi connectivity index (χ1) is 4.41. The van der Waals surface area contributed by atoms with E-state index in [4.69, 9.17) is 24.0 Å². The van der Waals surface area contributed by atoms with Crippen LogP contribution in [-0.2, 0) is 9.30 Å². The fourth-order valence-electron chi connectivity index (χ4n) is 0.204. The van der Waals surface area contributed by atoms with Gasteiger partial charge >= 0.3 is 45.6 Å². The minimum atomic E-state index is -4.64. The predicted molar refractivity (Wildman–Crippen MR) is 44.4 cm³/mol. The summed E-state index contributed by atoms with van der Waals surface area (Å²) in [5.41, 5.74) is 0. The molecule has 0 saturated carbocycles. The van der Waals surface area contributed by atoms with Gasteiger partial charge in [0, 0.05) is 13.2 Å². The van der Waals surface area contributed by atoms with E-state index in [1.54, 1.807) is 0 Å². The first-order valence-electron chi connectivity index (χ1n) is 2.77. The van der Waals surface area contributed by atoms with Crippen LogP contribution in [0.15, 0.2) is 0 Å². The summed E-state index contributed by atoms with van der Waals surface area (Å²) in [6.45, 7) is 5.67. The molecule has 0 aromatic heterocycles. The second kappa shape index (κ2) is 11.3. The number of hydrogen-bond acceptors (Lipinski definition) is 2. The Hall–Kier alpha value is 1.33. The smallest absolute Gasteiger partial charge is 1.00 e. The van der Waals surface area contributed by atoms with Crippen molar-refractivity contribution in [1.82, 2.24) is 0 Å². The molecule has 0 amide bonds. The molecule has 7 heteroatoms. The molecule has 0 rings (SSSR count).